The number of aromatic nitrogens is 7. The van der Waals surface area contributed by atoms with E-state index in [1.54, 1.807) is 12.3 Å². The molecule has 1 N–H and O–H groups in total. The van der Waals surface area contributed by atoms with Gasteiger partial charge in [0.05, 0.1) is 36.4 Å². The number of likely N-dealkylation sites (tertiary alicyclic amines) is 1. The van der Waals surface area contributed by atoms with E-state index in [4.69, 9.17) is 31.0 Å². The number of aromatic amines is 1. The number of halogens is 4. The maximum Gasteiger partial charge on any atom is 0.451 e. The fraction of sp³-hybridized carbons (Fsp3) is 0.387. The number of alkyl halides is 3. The molecule has 2 saturated heterocycles. The minimum Gasteiger partial charge on any atom is -0.474 e. The van der Waals surface area contributed by atoms with Gasteiger partial charge in [-0.05, 0) is 49.1 Å². The normalized spacial score (nSPS) is 17.9. The van der Waals surface area contributed by atoms with Gasteiger partial charge in [0.2, 0.25) is 11.7 Å². The number of fused-ring (bicyclic) bond motifs is 1. The van der Waals surface area contributed by atoms with Gasteiger partial charge in [0.25, 0.3) is 0 Å². The van der Waals surface area contributed by atoms with Crippen molar-refractivity contribution in [3.63, 3.8) is 0 Å². The summed E-state index contributed by atoms with van der Waals surface area (Å²) in [5, 5.41) is 6.37. The maximum absolute atomic E-state index is 13.0. The average molecular weight is 639 g/mol. The minimum absolute atomic E-state index is 0.0522. The van der Waals surface area contributed by atoms with Crippen LogP contribution in [-0.2, 0) is 30.4 Å². The smallest absolute Gasteiger partial charge is 0.451 e. The molecule has 5 aromatic rings. The molecule has 2 aliphatic heterocycles. The van der Waals surface area contributed by atoms with E-state index in [9.17, 15) is 13.2 Å². The first-order valence-electron chi connectivity index (χ1n) is 14.8. The van der Waals surface area contributed by atoms with Gasteiger partial charge in [-0.25, -0.2) is 15.0 Å². The Hall–Kier alpha value is -4.07. The Kier molecular flexibility index (Phi) is 8.15. The predicted molar refractivity (Wildman–Crippen MR) is 160 cm³/mol. The second-order valence-electron chi connectivity index (χ2n) is 11.3. The number of nitrogens with one attached hydrogen (secondary N) is 1. The first kappa shape index (κ1) is 29.6. The van der Waals surface area contributed by atoms with Crippen molar-refractivity contribution in [2.75, 3.05) is 19.7 Å². The molecule has 6 heterocycles. The molecule has 0 saturated carbocycles. The molecule has 1 atom stereocenters. The van der Waals surface area contributed by atoms with Crippen LogP contribution in [0.2, 0.25) is 5.02 Å². The van der Waals surface area contributed by atoms with Gasteiger partial charge in [-0.1, -0.05) is 29.8 Å². The first-order valence-corrected chi connectivity index (χ1v) is 15.2. The molecule has 234 valence electrons. The lowest BCUT2D eigenvalue weighted by Gasteiger charge is -2.32. The monoisotopic (exact) mass is 638 g/mol. The van der Waals surface area contributed by atoms with Crippen LogP contribution in [0.4, 0.5) is 13.2 Å². The van der Waals surface area contributed by atoms with Crippen LogP contribution < -0.4 is 4.74 Å². The number of hydrogen-bond acceptors (Lipinski definition) is 8. The van der Waals surface area contributed by atoms with E-state index in [2.05, 4.69) is 24.5 Å². The highest BCUT2D eigenvalue weighted by Gasteiger charge is 2.35. The molecule has 0 spiro atoms. The molecule has 4 aromatic heterocycles. The van der Waals surface area contributed by atoms with Crippen LogP contribution in [0.25, 0.3) is 22.6 Å². The maximum atomic E-state index is 13.0. The van der Waals surface area contributed by atoms with Crippen molar-refractivity contribution in [3.05, 3.63) is 82.7 Å². The van der Waals surface area contributed by atoms with E-state index >= 15 is 0 Å². The van der Waals surface area contributed by atoms with Crippen molar-refractivity contribution >= 4 is 22.6 Å². The standard InChI is InChI=1S/C31H30ClF3N8O2/c32-20-6-4-19(5-7-20)14-21-2-1-3-28(37-21)45-22-8-11-42(12-9-22)18-27-38-24-15-25(29-39-30(41-40-29)31(33,34)35)36-16-26(24)43(27)17-23-10-13-44-23/h1-7,15-16,22-23H,8-14,17-18H2,(H,39,40,41). The van der Waals surface area contributed by atoms with Gasteiger partial charge in [0.15, 0.2) is 5.82 Å². The van der Waals surface area contributed by atoms with Crippen LogP contribution in [-0.4, -0.2) is 71.5 Å². The van der Waals surface area contributed by atoms with Gasteiger partial charge in [-0.2, -0.15) is 18.3 Å². The van der Waals surface area contributed by atoms with E-state index in [0.717, 1.165) is 61.6 Å². The van der Waals surface area contributed by atoms with Gasteiger partial charge in [-0.15, -0.1) is 0 Å². The highest BCUT2D eigenvalue weighted by Crippen LogP contribution is 2.29. The van der Waals surface area contributed by atoms with Gasteiger partial charge < -0.3 is 14.0 Å². The molecule has 1 unspecified atom stereocenters. The zero-order chi connectivity index (χ0) is 31.0. The molecule has 2 fully saturated rings. The Balaban J connectivity index is 1.02. The molecule has 14 heteroatoms. The Morgan fingerprint density at radius 3 is 2.53 bits per heavy atom. The van der Waals surface area contributed by atoms with Crippen molar-refractivity contribution in [1.29, 1.82) is 0 Å². The lowest BCUT2D eigenvalue weighted by Crippen LogP contribution is -2.39. The summed E-state index contributed by atoms with van der Waals surface area (Å²) in [6.07, 6.45) is 0.479. The second kappa shape index (κ2) is 12.4. The van der Waals surface area contributed by atoms with Gasteiger partial charge in [-0.3, -0.25) is 15.0 Å². The number of imidazole rings is 1. The summed E-state index contributed by atoms with van der Waals surface area (Å²) in [7, 11) is 0. The number of hydrogen-bond donors (Lipinski definition) is 1. The quantitative estimate of drug-likeness (QED) is 0.219. The fourth-order valence-corrected chi connectivity index (χ4v) is 5.77. The molecule has 0 amide bonds. The van der Waals surface area contributed by atoms with Crippen LogP contribution in [0, 0.1) is 0 Å². The molecule has 2 aliphatic rings. The lowest BCUT2D eigenvalue weighted by molar-refractivity contribution is -0.144. The van der Waals surface area contributed by atoms with Gasteiger partial charge in [0, 0.05) is 42.9 Å². The zero-order valence-electron chi connectivity index (χ0n) is 24.2. The van der Waals surface area contributed by atoms with Crippen LogP contribution in [0.15, 0.2) is 54.7 Å². The largest absolute Gasteiger partial charge is 0.474 e. The number of pyridine rings is 2. The van der Waals surface area contributed by atoms with Crippen molar-refractivity contribution in [3.8, 4) is 17.4 Å². The van der Waals surface area contributed by atoms with Crippen LogP contribution in [0.3, 0.4) is 0 Å². The summed E-state index contributed by atoms with van der Waals surface area (Å²) >= 11 is 6.01. The third-order valence-electron chi connectivity index (χ3n) is 8.14. The molecule has 7 rings (SSSR count). The Bertz CT molecular complexity index is 1780. The van der Waals surface area contributed by atoms with Crippen molar-refractivity contribution in [2.45, 2.75) is 57.2 Å². The number of piperidine rings is 1. The molecular weight excluding hydrogens is 609 g/mol. The Morgan fingerprint density at radius 1 is 1.02 bits per heavy atom. The number of benzene rings is 1. The van der Waals surface area contributed by atoms with Crippen LogP contribution in [0.5, 0.6) is 5.88 Å². The third kappa shape index (κ3) is 6.80. The summed E-state index contributed by atoms with van der Waals surface area (Å²) < 4.78 is 53.2. The van der Waals surface area contributed by atoms with Crippen molar-refractivity contribution < 1.29 is 22.6 Å². The van der Waals surface area contributed by atoms with E-state index in [1.165, 1.54) is 0 Å². The summed E-state index contributed by atoms with van der Waals surface area (Å²) in [5.74, 6) is 0.178. The number of ether oxygens (including phenoxy) is 2. The molecule has 45 heavy (non-hydrogen) atoms. The minimum atomic E-state index is -4.62. The molecule has 0 bridgehead atoms. The lowest BCUT2D eigenvalue weighted by atomic mass is 10.1. The number of rotatable bonds is 9. The van der Waals surface area contributed by atoms with Crippen molar-refractivity contribution in [1.82, 2.24) is 39.6 Å². The second-order valence-corrected chi connectivity index (χ2v) is 11.8. The Morgan fingerprint density at radius 2 is 1.82 bits per heavy atom. The summed E-state index contributed by atoms with van der Waals surface area (Å²) in [6.45, 7) is 3.60. The molecule has 10 nitrogen and oxygen atoms in total. The SMILES string of the molecule is FC(F)(F)c1nc(-c2cc3nc(CN4CCC(Oc5cccc(Cc6ccc(Cl)cc6)n5)CC4)n(CC4CCO4)c3cn2)n[nH]1. The molecule has 0 aliphatic carbocycles. The number of nitrogens with zero attached hydrogens (tertiary/aromatic N) is 7. The highest BCUT2D eigenvalue weighted by atomic mass is 35.5. The Labute approximate surface area is 261 Å². The van der Waals surface area contributed by atoms with E-state index in [0.29, 0.717) is 35.9 Å². The first-order chi connectivity index (χ1) is 21.8. The topological polar surface area (TPSA) is 107 Å². The van der Waals surface area contributed by atoms with Crippen LogP contribution in [0.1, 0.15) is 42.2 Å². The van der Waals surface area contributed by atoms with Gasteiger partial charge >= 0.3 is 6.18 Å². The zero-order valence-corrected chi connectivity index (χ0v) is 24.9. The highest BCUT2D eigenvalue weighted by molar-refractivity contribution is 6.30. The molecular formula is C31H30ClF3N8O2. The van der Waals surface area contributed by atoms with Crippen LogP contribution >= 0.6 is 11.6 Å². The summed E-state index contributed by atoms with van der Waals surface area (Å²) in [5.41, 5.74) is 3.69. The van der Waals surface area contributed by atoms with Gasteiger partial charge in [0.1, 0.15) is 17.6 Å². The molecule has 0 radical (unpaired) electrons. The van der Waals surface area contributed by atoms with Crippen molar-refractivity contribution in [2.24, 2.45) is 0 Å². The fourth-order valence-electron chi connectivity index (χ4n) is 5.64. The number of H-pyrrole nitrogens is 1. The predicted octanol–water partition coefficient (Wildman–Crippen LogP) is 5.71. The molecule has 1 aromatic carbocycles. The summed E-state index contributed by atoms with van der Waals surface area (Å²) in [4.78, 5) is 19.9. The third-order valence-corrected chi connectivity index (χ3v) is 8.40. The van der Waals surface area contributed by atoms with E-state index < -0.39 is 12.0 Å². The van der Waals surface area contributed by atoms with E-state index in [1.807, 2.05) is 47.6 Å². The van der Waals surface area contributed by atoms with E-state index in [-0.39, 0.29) is 23.7 Å². The summed E-state index contributed by atoms with van der Waals surface area (Å²) in [6, 6.07) is 15.3. The average Bonchev–Trinajstić information content (AvgIpc) is 3.63.